The van der Waals surface area contributed by atoms with Crippen LogP contribution in [0.4, 0.5) is 0 Å². The van der Waals surface area contributed by atoms with E-state index in [0.29, 0.717) is 12.2 Å². The molecule has 1 saturated heterocycles. The first-order chi connectivity index (χ1) is 12.7. The fraction of sp³-hybridized carbons (Fsp3) is 0.389. The minimum atomic E-state index is -0.0446. The molecule has 0 bridgehead atoms. The summed E-state index contributed by atoms with van der Waals surface area (Å²) in [5.41, 5.74) is 1.97. The topological polar surface area (TPSA) is 75.1 Å². The molecule has 1 aliphatic rings. The number of rotatable bonds is 3. The molecule has 0 aliphatic carbocycles. The zero-order chi connectivity index (χ0) is 17.9. The average Bonchev–Trinajstić information content (AvgIpc) is 2.93. The molecule has 0 saturated carbocycles. The molecule has 4 rings (SSSR count). The van der Waals surface area contributed by atoms with Crippen LogP contribution in [-0.2, 0) is 6.54 Å². The van der Waals surface area contributed by atoms with E-state index in [1.807, 2.05) is 36.1 Å². The second kappa shape index (κ2) is 7.43. The Labute approximate surface area is 155 Å². The molecule has 0 spiro atoms. The third kappa shape index (κ3) is 3.71. The van der Waals surface area contributed by atoms with Crippen molar-refractivity contribution in [1.29, 1.82) is 0 Å². The molecule has 0 radical (unpaired) electrons. The van der Waals surface area contributed by atoms with E-state index in [1.165, 1.54) is 0 Å². The van der Waals surface area contributed by atoms with Gasteiger partial charge in [0.2, 0.25) is 0 Å². The van der Waals surface area contributed by atoms with Crippen LogP contribution in [-0.4, -0.2) is 62.1 Å². The van der Waals surface area contributed by atoms with E-state index in [0.717, 1.165) is 53.6 Å². The third-order valence-electron chi connectivity index (χ3n) is 4.47. The number of amides is 1. The highest BCUT2D eigenvalue weighted by molar-refractivity contribution is 7.11. The molecule has 0 N–H and O–H groups in total. The molecule has 2 aromatic heterocycles. The van der Waals surface area contributed by atoms with Crippen LogP contribution in [0.5, 0.6) is 0 Å². The quantitative estimate of drug-likeness (QED) is 0.705. The van der Waals surface area contributed by atoms with E-state index in [2.05, 4.69) is 25.1 Å². The maximum atomic E-state index is 12.8. The molecule has 134 valence electrons. The van der Waals surface area contributed by atoms with Gasteiger partial charge in [-0.2, -0.15) is 0 Å². The van der Waals surface area contributed by atoms with Crippen molar-refractivity contribution in [2.75, 3.05) is 26.2 Å². The lowest BCUT2D eigenvalue weighted by molar-refractivity contribution is 0.0755. The zero-order valence-electron chi connectivity index (χ0n) is 14.6. The molecule has 3 heterocycles. The molecule has 7 nitrogen and oxygen atoms in total. The number of benzene rings is 1. The van der Waals surface area contributed by atoms with Crippen molar-refractivity contribution in [3.05, 3.63) is 46.2 Å². The van der Waals surface area contributed by atoms with Gasteiger partial charge in [0, 0.05) is 26.2 Å². The molecule has 26 heavy (non-hydrogen) atoms. The summed E-state index contributed by atoms with van der Waals surface area (Å²) in [6, 6.07) is 7.61. The minimum absolute atomic E-state index is 0.0446. The molecule has 1 aliphatic heterocycles. The number of carbonyl (C=O) groups is 1. The molecule has 0 unspecified atom stereocenters. The van der Waals surface area contributed by atoms with E-state index >= 15 is 0 Å². The highest BCUT2D eigenvalue weighted by Gasteiger charge is 2.22. The second-order valence-electron chi connectivity index (χ2n) is 6.38. The fourth-order valence-electron chi connectivity index (χ4n) is 3.15. The first-order valence-electron chi connectivity index (χ1n) is 8.71. The van der Waals surface area contributed by atoms with Gasteiger partial charge in [0.15, 0.2) is 0 Å². The van der Waals surface area contributed by atoms with E-state index in [9.17, 15) is 4.79 Å². The smallest absolute Gasteiger partial charge is 0.274 e. The maximum Gasteiger partial charge on any atom is 0.274 e. The largest absolute Gasteiger partial charge is 0.336 e. The fourth-order valence-corrected chi connectivity index (χ4v) is 3.90. The van der Waals surface area contributed by atoms with Crippen LogP contribution in [0.3, 0.4) is 0 Å². The van der Waals surface area contributed by atoms with Gasteiger partial charge < -0.3 is 4.90 Å². The Morgan fingerprint density at radius 1 is 1.12 bits per heavy atom. The van der Waals surface area contributed by atoms with Crippen LogP contribution in [0, 0.1) is 6.92 Å². The van der Waals surface area contributed by atoms with Gasteiger partial charge in [0.25, 0.3) is 5.91 Å². The number of aromatic nitrogens is 4. The van der Waals surface area contributed by atoms with E-state index in [1.54, 1.807) is 17.5 Å². The van der Waals surface area contributed by atoms with Crippen molar-refractivity contribution >= 4 is 28.3 Å². The monoisotopic (exact) mass is 368 g/mol. The van der Waals surface area contributed by atoms with Crippen molar-refractivity contribution in [3.63, 3.8) is 0 Å². The SMILES string of the molecule is Cc1nnc(CN2CCCN(C(=O)c3cnc4ccccc4n3)CC2)s1. The van der Waals surface area contributed by atoms with Gasteiger partial charge in [-0.1, -0.05) is 12.1 Å². The zero-order valence-corrected chi connectivity index (χ0v) is 15.4. The molecule has 0 atom stereocenters. The Bertz CT molecular complexity index is 927. The highest BCUT2D eigenvalue weighted by atomic mass is 32.1. The second-order valence-corrected chi connectivity index (χ2v) is 7.65. The van der Waals surface area contributed by atoms with E-state index in [-0.39, 0.29) is 5.91 Å². The number of carbonyl (C=O) groups excluding carboxylic acids is 1. The van der Waals surface area contributed by atoms with Crippen LogP contribution in [0.15, 0.2) is 30.5 Å². The molecule has 3 aromatic rings. The number of hydrogen-bond donors (Lipinski definition) is 0. The number of para-hydroxylation sites is 2. The first-order valence-corrected chi connectivity index (χ1v) is 9.53. The van der Waals surface area contributed by atoms with Crippen molar-refractivity contribution in [2.24, 2.45) is 0 Å². The predicted octanol–water partition coefficient (Wildman–Crippen LogP) is 2.14. The summed E-state index contributed by atoms with van der Waals surface area (Å²) in [5, 5.41) is 10.3. The number of nitrogens with zero attached hydrogens (tertiary/aromatic N) is 6. The summed E-state index contributed by atoms with van der Waals surface area (Å²) in [5.74, 6) is -0.0446. The highest BCUT2D eigenvalue weighted by Crippen LogP contribution is 2.15. The summed E-state index contributed by atoms with van der Waals surface area (Å²) >= 11 is 1.63. The number of fused-ring (bicyclic) bond motifs is 1. The van der Waals surface area contributed by atoms with Gasteiger partial charge in [-0.15, -0.1) is 21.5 Å². The number of aryl methyl sites for hydroxylation is 1. The Hall–Kier alpha value is -2.45. The molecular weight excluding hydrogens is 348 g/mol. The van der Waals surface area contributed by atoms with Gasteiger partial charge in [0.05, 0.1) is 23.8 Å². The van der Waals surface area contributed by atoms with Gasteiger partial charge >= 0.3 is 0 Å². The predicted molar refractivity (Wildman–Crippen MR) is 100.0 cm³/mol. The van der Waals surface area contributed by atoms with E-state index in [4.69, 9.17) is 0 Å². The molecule has 1 amide bonds. The lowest BCUT2D eigenvalue weighted by Gasteiger charge is -2.21. The Morgan fingerprint density at radius 2 is 1.96 bits per heavy atom. The maximum absolute atomic E-state index is 12.8. The molecule has 1 fully saturated rings. The van der Waals surface area contributed by atoms with Crippen molar-refractivity contribution in [3.8, 4) is 0 Å². The normalized spacial score (nSPS) is 16.0. The Kier molecular flexibility index (Phi) is 4.85. The van der Waals surface area contributed by atoms with Crippen molar-refractivity contribution in [2.45, 2.75) is 19.9 Å². The van der Waals surface area contributed by atoms with Gasteiger partial charge in [0.1, 0.15) is 15.7 Å². The van der Waals surface area contributed by atoms with Crippen molar-refractivity contribution < 1.29 is 4.79 Å². The van der Waals surface area contributed by atoms with Crippen LogP contribution in [0.25, 0.3) is 11.0 Å². The lowest BCUT2D eigenvalue weighted by atomic mass is 10.2. The molecular formula is C18H20N6OS. The van der Waals surface area contributed by atoms with Crippen LogP contribution in [0.1, 0.15) is 26.9 Å². The van der Waals surface area contributed by atoms with Gasteiger partial charge in [-0.05, 0) is 25.5 Å². The van der Waals surface area contributed by atoms with Gasteiger partial charge in [-0.25, -0.2) is 4.98 Å². The summed E-state index contributed by atoms with van der Waals surface area (Å²) < 4.78 is 0. The van der Waals surface area contributed by atoms with Crippen LogP contribution >= 0.6 is 11.3 Å². The standard InChI is InChI=1S/C18H20N6OS/c1-13-21-22-17(26-13)12-23-7-4-8-24(10-9-23)18(25)16-11-19-14-5-2-3-6-15(14)20-16/h2-3,5-6,11H,4,7-10,12H2,1H3. The van der Waals surface area contributed by atoms with E-state index < -0.39 is 0 Å². The van der Waals surface area contributed by atoms with Crippen LogP contribution in [0.2, 0.25) is 0 Å². The number of hydrogen-bond acceptors (Lipinski definition) is 7. The molecule has 8 heteroatoms. The van der Waals surface area contributed by atoms with Crippen LogP contribution < -0.4 is 0 Å². The van der Waals surface area contributed by atoms with Gasteiger partial charge in [-0.3, -0.25) is 14.7 Å². The Morgan fingerprint density at radius 3 is 2.77 bits per heavy atom. The summed E-state index contributed by atoms with van der Waals surface area (Å²) in [4.78, 5) is 25.9. The Balaban J connectivity index is 1.43. The first kappa shape index (κ1) is 17.0. The average molecular weight is 368 g/mol. The molecule has 1 aromatic carbocycles. The minimum Gasteiger partial charge on any atom is -0.336 e. The van der Waals surface area contributed by atoms with Crippen molar-refractivity contribution in [1.82, 2.24) is 30.0 Å². The summed E-state index contributed by atoms with van der Waals surface area (Å²) in [6.45, 7) is 5.96. The summed E-state index contributed by atoms with van der Waals surface area (Å²) in [7, 11) is 0. The third-order valence-corrected chi connectivity index (χ3v) is 5.29. The lowest BCUT2D eigenvalue weighted by Crippen LogP contribution is -2.35. The summed E-state index contributed by atoms with van der Waals surface area (Å²) in [6.07, 6.45) is 2.52.